The van der Waals surface area contributed by atoms with Crippen molar-refractivity contribution in [2.75, 3.05) is 0 Å². The van der Waals surface area contributed by atoms with Gasteiger partial charge in [0, 0.05) is 0 Å². The lowest BCUT2D eigenvalue weighted by Crippen LogP contribution is -1.79. The maximum absolute atomic E-state index is 4.00. The minimum atomic E-state index is 1.05. The quantitative estimate of drug-likeness (QED) is 0.396. The summed E-state index contributed by atoms with van der Waals surface area (Å²) < 4.78 is 0. The molecule has 0 aromatic heterocycles. The van der Waals surface area contributed by atoms with Crippen molar-refractivity contribution in [2.45, 2.75) is 6.42 Å². The van der Waals surface area contributed by atoms with Gasteiger partial charge in [-0.2, -0.15) is 0 Å². The summed E-state index contributed by atoms with van der Waals surface area (Å²) in [4.78, 5) is 0. The van der Waals surface area contributed by atoms with Crippen LogP contribution in [0.25, 0.3) is 0 Å². The van der Waals surface area contributed by atoms with Gasteiger partial charge in [0.25, 0.3) is 0 Å². The Morgan fingerprint density at radius 1 is 1.43 bits per heavy atom. The Hall–Kier alpha value is -0.260. The van der Waals surface area contributed by atoms with Crippen LogP contribution in [0.3, 0.4) is 0 Å². The van der Waals surface area contributed by atoms with Gasteiger partial charge in [0.2, 0.25) is 0 Å². The van der Waals surface area contributed by atoms with Crippen LogP contribution in [0.4, 0.5) is 0 Å². The molecule has 4 saturated carbocycles. The topological polar surface area (TPSA) is 0 Å². The third-order valence-electron chi connectivity index (χ3n) is 2.95. The molecule has 4 rings (SSSR count). The van der Waals surface area contributed by atoms with Crippen LogP contribution in [0.2, 0.25) is 0 Å². The van der Waals surface area contributed by atoms with Gasteiger partial charge in [0.1, 0.15) is 0 Å². The lowest BCUT2D eigenvalue weighted by molar-refractivity contribution is 0.660. The highest BCUT2D eigenvalue weighted by atomic mass is 14.8. The van der Waals surface area contributed by atoms with Crippen LogP contribution < -0.4 is 0 Å². The Balaban J connectivity index is 2.20. The van der Waals surface area contributed by atoms with Gasteiger partial charge < -0.3 is 0 Å². The molecule has 0 radical (unpaired) electrons. The van der Waals surface area contributed by atoms with E-state index in [0.717, 1.165) is 11.8 Å². The summed E-state index contributed by atoms with van der Waals surface area (Å²) in [6, 6.07) is 0. The van der Waals surface area contributed by atoms with Gasteiger partial charge in [-0.3, -0.25) is 0 Å². The minimum Gasteiger partial charge on any atom is -0.0995 e. The molecular weight excluding hydrogens is 84.1 g/mol. The first-order chi connectivity index (χ1) is 3.39. The summed E-state index contributed by atoms with van der Waals surface area (Å²) >= 11 is 0. The first-order valence-corrected chi connectivity index (χ1v) is 3.07. The molecule has 0 saturated heterocycles. The number of rotatable bonds is 0. The zero-order valence-corrected chi connectivity index (χ0v) is 4.22. The maximum atomic E-state index is 4.00. The molecule has 36 valence electrons. The van der Waals surface area contributed by atoms with Gasteiger partial charge >= 0.3 is 0 Å². The maximum Gasteiger partial charge on any atom is -0.0137 e. The van der Waals surface area contributed by atoms with E-state index in [9.17, 15) is 0 Å². The Bertz CT molecular complexity index is 141. The van der Waals surface area contributed by atoms with E-state index < -0.39 is 0 Å². The molecular formula is C7H8. The van der Waals surface area contributed by atoms with Crippen LogP contribution in [-0.2, 0) is 0 Å². The fraction of sp³-hybridized carbons (Fsp3) is 0.714. The molecule has 7 heavy (non-hydrogen) atoms. The van der Waals surface area contributed by atoms with Crippen molar-refractivity contribution in [1.29, 1.82) is 0 Å². The summed E-state index contributed by atoms with van der Waals surface area (Å²) in [6.45, 7) is 4.00. The normalized spacial score (nSPS) is 70.6. The molecule has 0 heteroatoms. The Labute approximate surface area is 43.2 Å². The van der Waals surface area contributed by atoms with Crippen LogP contribution in [0, 0.1) is 23.7 Å². The summed E-state index contributed by atoms with van der Waals surface area (Å²) in [5, 5.41) is 0. The molecule has 0 aliphatic heterocycles. The third kappa shape index (κ3) is 0.142. The molecule has 4 aliphatic rings. The van der Waals surface area contributed by atoms with E-state index in [2.05, 4.69) is 6.58 Å². The largest absolute Gasteiger partial charge is 0.0995 e. The molecule has 0 aromatic carbocycles. The minimum absolute atomic E-state index is 1.05. The van der Waals surface area contributed by atoms with Crippen molar-refractivity contribution >= 4 is 0 Å². The van der Waals surface area contributed by atoms with E-state index in [4.69, 9.17) is 0 Å². The van der Waals surface area contributed by atoms with Crippen molar-refractivity contribution in [3.63, 3.8) is 0 Å². The first kappa shape index (κ1) is 2.91. The SMILES string of the molecule is C=C1CC2[C@@H]3C1[C@H]23. The fourth-order valence-electron chi connectivity index (χ4n) is 2.43. The van der Waals surface area contributed by atoms with E-state index in [1.807, 2.05) is 0 Å². The van der Waals surface area contributed by atoms with E-state index >= 15 is 0 Å². The van der Waals surface area contributed by atoms with Crippen molar-refractivity contribution < 1.29 is 0 Å². The van der Waals surface area contributed by atoms with Gasteiger partial charge in [0.05, 0.1) is 0 Å². The lowest BCUT2D eigenvalue weighted by atomic mass is 10.2. The second-order valence-electron chi connectivity index (χ2n) is 3.21. The van der Waals surface area contributed by atoms with E-state index in [0.29, 0.717) is 0 Å². The molecule has 0 heterocycles. The van der Waals surface area contributed by atoms with Crippen LogP contribution in [-0.4, -0.2) is 0 Å². The van der Waals surface area contributed by atoms with Crippen LogP contribution in [0.5, 0.6) is 0 Å². The molecule has 4 fully saturated rings. The molecule has 0 amide bonds. The van der Waals surface area contributed by atoms with E-state index in [1.165, 1.54) is 18.3 Å². The fourth-order valence-corrected chi connectivity index (χ4v) is 2.43. The molecule has 0 aromatic rings. The molecule has 4 atom stereocenters. The van der Waals surface area contributed by atoms with Gasteiger partial charge in [-0.05, 0) is 30.1 Å². The summed E-state index contributed by atoms with van der Waals surface area (Å²) in [5.41, 5.74) is 1.57. The smallest absolute Gasteiger partial charge is 0.0137 e. The molecule has 0 nitrogen and oxygen atoms in total. The Morgan fingerprint density at radius 3 is 2.29 bits per heavy atom. The molecule has 2 unspecified atom stereocenters. The van der Waals surface area contributed by atoms with Crippen LogP contribution in [0.1, 0.15) is 6.42 Å². The van der Waals surface area contributed by atoms with Crippen molar-refractivity contribution in [3.05, 3.63) is 12.2 Å². The van der Waals surface area contributed by atoms with Crippen molar-refractivity contribution in [2.24, 2.45) is 23.7 Å². The average Bonchev–Trinajstić information content (AvgIpc) is 2.41. The third-order valence-corrected chi connectivity index (χ3v) is 2.95. The summed E-state index contributed by atoms with van der Waals surface area (Å²) in [7, 11) is 0. The lowest BCUT2D eigenvalue weighted by Gasteiger charge is -1.85. The summed E-state index contributed by atoms with van der Waals surface area (Å²) in [6.07, 6.45) is 1.39. The second-order valence-corrected chi connectivity index (χ2v) is 3.21. The predicted octanol–water partition coefficient (Wildman–Crippen LogP) is 1.44. The van der Waals surface area contributed by atoms with Crippen molar-refractivity contribution in [3.8, 4) is 0 Å². The van der Waals surface area contributed by atoms with E-state index in [1.54, 1.807) is 5.57 Å². The summed E-state index contributed by atoms with van der Waals surface area (Å²) in [5.74, 6) is 4.54. The standard InChI is InChI=1S/C7H8/c1-3-2-4-6-5(3)7(4)6/h4-7H,1-2H2/t4?,5?,6-,7+. The van der Waals surface area contributed by atoms with E-state index in [-0.39, 0.29) is 0 Å². The number of hydrogen-bond acceptors (Lipinski definition) is 0. The van der Waals surface area contributed by atoms with Crippen molar-refractivity contribution in [1.82, 2.24) is 0 Å². The highest BCUT2D eigenvalue weighted by molar-refractivity contribution is 5.39. The second kappa shape index (κ2) is 0.521. The average molecular weight is 92.1 g/mol. The van der Waals surface area contributed by atoms with Gasteiger partial charge in [-0.15, -0.1) is 0 Å². The molecule has 0 N–H and O–H groups in total. The van der Waals surface area contributed by atoms with Crippen LogP contribution in [0.15, 0.2) is 12.2 Å². The molecule has 0 spiro atoms. The number of allylic oxidation sites excluding steroid dienone is 1. The first-order valence-electron chi connectivity index (χ1n) is 3.07. The Morgan fingerprint density at radius 2 is 2.14 bits per heavy atom. The monoisotopic (exact) mass is 92.1 g/mol. The zero-order valence-electron chi connectivity index (χ0n) is 4.22. The highest BCUT2D eigenvalue weighted by Gasteiger charge is 2.78. The Kier molecular flexibility index (Phi) is 0.216. The number of hydrogen-bond donors (Lipinski definition) is 0. The highest BCUT2D eigenvalue weighted by Crippen LogP contribution is 2.83. The van der Waals surface area contributed by atoms with Gasteiger partial charge in [0.15, 0.2) is 0 Å². The molecule has 4 aliphatic carbocycles. The van der Waals surface area contributed by atoms with Gasteiger partial charge in [-0.25, -0.2) is 0 Å². The molecule has 2 bridgehead atoms. The van der Waals surface area contributed by atoms with Crippen LogP contribution >= 0.6 is 0 Å². The zero-order chi connectivity index (χ0) is 4.59. The number of fused-ring (bicyclic) bond motifs is 1. The predicted molar refractivity (Wildman–Crippen MR) is 27.7 cm³/mol. The van der Waals surface area contributed by atoms with Gasteiger partial charge in [-0.1, -0.05) is 12.2 Å².